The second-order valence-electron chi connectivity index (χ2n) is 4.73. The number of halogens is 2. The lowest BCUT2D eigenvalue weighted by molar-refractivity contribution is -0.140. The molecular weight excluding hydrogens is 327 g/mol. The van der Waals surface area contributed by atoms with E-state index in [4.69, 9.17) is 5.11 Å². The molecule has 1 unspecified atom stereocenters. The lowest BCUT2D eigenvalue weighted by atomic mass is 10.1. The monoisotopic (exact) mass is 340 g/mol. The minimum atomic E-state index is -0.845. The fourth-order valence-corrected chi connectivity index (χ4v) is 2.39. The third kappa shape index (κ3) is 2.90. The number of carbonyl (C=O) groups is 1. The molecule has 0 aliphatic carbocycles. The summed E-state index contributed by atoms with van der Waals surface area (Å²) in [7, 11) is 1.81. The maximum Gasteiger partial charge on any atom is 0.308 e. The van der Waals surface area contributed by atoms with Crippen molar-refractivity contribution in [1.29, 1.82) is 0 Å². The number of fused-ring (bicyclic) bond motifs is 1. The van der Waals surface area contributed by atoms with Gasteiger partial charge in [-0.05, 0) is 28.1 Å². The van der Waals surface area contributed by atoms with Gasteiger partial charge in [0.1, 0.15) is 5.82 Å². The standard InChI is InChI=1S/C14H14BrFN2O2/c1-8(14(19)20)7-18(2)13-3-4-17-12-6-11(16)10(15)5-9(12)13/h3-6,8H,7H2,1-2H3,(H,19,20). The van der Waals surface area contributed by atoms with Crippen molar-refractivity contribution < 1.29 is 14.3 Å². The number of carboxylic acids is 1. The number of rotatable bonds is 4. The van der Waals surface area contributed by atoms with Crippen LogP contribution in [-0.2, 0) is 4.79 Å². The van der Waals surface area contributed by atoms with Crippen LogP contribution in [0.3, 0.4) is 0 Å². The number of hydrogen-bond donors (Lipinski definition) is 1. The van der Waals surface area contributed by atoms with Crippen molar-refractivity contribution >= 4 is 38.5 Å². The molecule has 0 spiro atoms. The summed E-state index contributed by atoms with van der Waals surface area (Å²) in [6.07, 6.45) is 1.59. The minimum Gasteiger partial charge on any atom is -0.481 e. The Hall–Kier alpha value is -1.69. The third-order valence-electron chi connectivity index (χ3n) is 3.14. The fraction of sp³-hybridized carbons (Fsp3) is 0.286. The lowest BCUT2D eigenvalue weighted by Gasteiger charge is -2.23. The van der Waals surface area contributed by atoms with Crippen LogP contribution < -0.4 is 4.90 Å². The zero-order valence-corrected chi connectivity index (χ0v) is 12.7. The van der Waals surface area contributed by atoms with E-state index in [2.05, 4.69) is 20.9 Å². The molecule has 0 saturated carbocycles. The first-order valence-corrected chi connectivity index (χ1v) is 6.87. The van der Waals surface area contributed by atoms with E-state index in [0.29, 0.717) is 16.5 Å². The molecule has 1 atom stereocenters. The molecule has 6 heteroatoms. The van der Waals surface area contributed by atoms with Gasteiger partial charge in [-0.3, -0.25) is 9.78 Å². The zero-order chi connectivity index (χ0) is 14.9. The first kappa shape index (κ1) is 14.7. The van der Waals surface area contributed by atoms with E-state index < -0.39 is 11.9 Å². The van der Waals surface area contributed by atoms with Gasteiger partial charge in [-0.15, -0.1) is 0 Å². The van der Waals surface area contributed by atoms with Crippen molar-refractivity contribution in [2.75, 3.05) is 18.5 Å². The Morgan fingerprint density at radius 3 is 2.90 bits per heavy atom. The van der Waals surface area contributed by atoms with E-state index in [9.17, 15) is 9.18 Å². The van der Waals surface area contributed by atoms with Crippen LogP contribution in [-0.4, -0.2) is 29.7 Å². The maximum absolute atomic E-state index is 13.5. The molecule has 2 rings (SSSR count). The predicted molar refractivity (Wildman–Crippen MR) is 79.5 cm³/mol. The van der Waals surface area contributed by atoms with Crippen molar-refractivity contribution in [1.82, 2.24) is 4.98 Å². The molecule has 106 valence electrons. The molecule has 1 heterocycles. The smallest absolute Gasteiger partial charge is 0.308 e. The van der Waals surface area contributed by atoms with Crippen LogP contribution in [0.2, 0.25) is 0 Å². The van der Waals surface area contributed by atoms with Crippen molar-refractivity contribution in [3.8, 4) is 0 Å². The first-order chi connectivity index (χ1) is 9.40. The second-order valence-corrected chi connectivity index (χ2v) is 5.59. The number of nitrogens with zero attached hydrogens (tertiary/aromatic N) is 2. The summed E-state index contributed by atoms with van der Waals surface area (Å²) >= 11 is 3.16. The summed E-state index contributed by atoms with van der Waals surface area (Å²) in [4.78, 5) is 16.9. The van der Waals surface area contributed by atoms with Gasteiger partial charge in [0.05, 0.1) is 15.9 Å². The maximum atomic E-state index is 13.5. The Balaban J connectivity index is 2.43. The van der Waals surface area contributed by atoms with Crippen LogP contribution in [0.1, 0.15) is 6.92 Å². The van der Waals surface area contributed by atoms with Gasteiger partial charge in [-0.2, -0.15) is 0 Å². The average molecular weight is 341 g/mol. The number of aromatic nitrogens is 1. The van der Waals surface area contributed by atoms with Gasteiger partial charge < -0.3 is 10.0 Å². The molecule has 0 bridgehead atoms. The molecule has 1 aromatic heterocycles. The Kier molecular flexibility index (Phi) is 4.23. The van der Waals surface area contributed by atoms with Gasteiger partial charge >= 0.3 is 5.97 Å². The molecule has 4 nitrogen and oxygen atoms in total. The summed E-state index contributed by atoms with van der Waals surface area (Å²) in [6.45, 7) is 2.02. The molecule has 20 heavy (non-hydrogen) atoms. The number of anilines is 1. The van der Waals surface area contributed by atoms with E-state index in [0.717, 1.165) is 11.1 Å². The highest BCUT2D eigenvalue weighted by atomic mass is 79.9. The van der Waals surface area contributed by atoms with E-state index in [1.807, 2.05) is 11.9 Å². The number of carboxylic acid groups (broad SMARTS) is 1. The average Bonchev–Trinajstić information content (AvgIpc) is 2.39. The van der Waals surface area contributed by atoms with Crippen LogP contribution >= 0.6 is 15.9 Å². The van der Waals surface area contributed by atoms with Crippen LogP contribution in [0.25, 0.3) is 10.9 Å². The summed E-state index contributed by atoms with van der Waals surface area (Å²) in [5, 5.41) is 9.75. The first-order valence-electron chi connectivity index (χ1n) is 6.08. The zero-order valence-electron chi connectivity index (χ0n) is 11.1. The Morgan fingerprint density at radius 1 is 1.55 bits per heavy atom. The van der Waals surface area contributed by atoms with E-state index in [1.54, 1.807) is 25.3 Å². The summed E-state index contributed by atoms with van der Waals surface area (Å²) in [5.74, 6) is -1.71. The number of pyridine rings is 1. The van der Waals surface area contributed by atoms with Gasteiger partial charge in [0.2, 0.25) is 0 Å². The molecule has 2 aromatic rings. The van der Waals surface area contributed by atoms with Crippen LogP contribution in [0.15, 0.2) is 28.9 Å². The SMILES string of the molecule is CC(CN(C)c1ccnc2cc(F)c(Br)cc12)C(=O)O. The largest absolute Gasteiger partial charge is 0.481 e. The molecule has 1 aromatic carbocycles. The van der Waals surface area contributed by atoms with E-state index in [-0.39, 0.29) is 5.82 Å². The number of hydrogen-bond acceptors (Lipinski definition) is 3. The van der Waals surface area contributed by atoms with Gasteiger partial charge in [0, 0.05) is 36.9 Å². The number of benzene rings is 1. The Labute approximate surface area is 124 Å². The molecule has 0 aliphatic heterocycles. The molecule has 0 radical (unpaired) electrons. The highest BCUT2D eigenvalue weighted by Gasteiger charge is 2.16. The summed E-state index contributed by atoms with van der Waals surface area (Å²) < 4.78 is 13.9. The lowest BCUT2D eigenvalue weighted by Crippen LogP contribution is -2.28. The van der Waals surface area contributed by atoms with Crippen LogP contribution in [0.4, 0.5) is 10.1 Å². The molecule has 0 saturated heterocycles. The highest BCUT2D eigenvalue weighted by Crippen LogP contribution is 2.29. The van der Waals surface area contributed by atoms with E-state index in [1.165, 1.54) is 6.07 Å². The third-order valence-corrected chi connectivity index (χ3v) is 3.75. The van der Waals surface area contributed by atoms with Crippen molar-refractivity contribution in [3.63, 3.8) is 0 Å². The molecule has 0 amide bonds. The Morgan fingerprint density at radius 2 is 2.25 bits per heavy atom. The Bertz CT molecular complexity index is 663. The van der Waals surface area contributed by atoms with Crippen molar-refractivity contribution in [2.45, 2.75) is 6.92 Å². The van der Waals surface area contributed by atoms with Crippen LogP contribution in [0.5, 0.6) is 0 Å². The topological polar surface area (TPSA) is 53.4 Å². The summed E-state index contributed by atoms with van der Waals surface area (Å²) in [6, 6.07) is 4.81. The minimum absolute atomic E-state index is 0.360. The fourth-order valence-electron chi connectivity index (χ4n) is 2.05. The van der Waals surface area contributed by atoms with Gasteiger partial charge in [-0.1, -0.05) is 6.92 Å². The highest BCUT2D eigenvalue weighted by molar-refractivity contribution is 9.10. The summed E-state index contributed by atoms with van der Waals surface area (Å²) in [5.41, 5.74) is 1.36. The van der Waals surface area contributed by atoms with Gasteiger partial charge in [-0.25, -0.2) is 4.39 Å². The van der Waals surface area contributed by atoms with Crippen molar-refractivity contribution in [2.24, 2.45) is 5.92 Å². The molecule has 1 N–H and O–H groups in total. The van der Waals surface area contributed by atoms with Gasteiger partial charge in [0.15, 0.2) is 0 Å². The van der Waals surface area contributed by atoms with Gasteiger partial charge in [0.25, 0.3) is 0 Å². The van der Waals surface area contributed by atoms with E-state index >= 15 is 0 Å². The molecular formula is C14H14BrFN2O2. The second kappa shape index (κ2) is 5.75. The number of aliphatic carboxylic acids is 1. The van der Waals surface area contributed by atoms with Crippen molar-refractivity contribution in [3.05, 3.63) is 34.7 Å². The molecule has 0 fully saturated rings. The van der Waals surface area contributed by atoms with Crippen LogP contribution in [0, 0.1) is 11.7 Å². The normalized spacial score (nSPS) is 12.4. The molecule has 0 aliphatic rings. The predicted octanol–water partition coefficient (Wildman–Crippen LogP) is 3.29. The quantitative estimate of drug-likeness (QED) is 0.927.